The summed E-state index contributed by atoms with van der Waals surface area (Å²) in [6.07, 6.45) is 5.66. The van der Waals surface area contributed by atoms with Crippen LogP contribution in [0.5, 0.6) is 0 Å². The molecular weight excluding hydrogens is 143 g/mol. The molecule has 0 amide bonds. The van der Waals surface area contributed by atoms with Crippen LogP contribution in [0.3, 0.4) is 0 Å². The normalized spacial score (nSPS) is 36.8. The Morgan fingerprint density at radius 1 is 1.36 bits per heavy atom. The minimum atomic E-state index is -0.484. The van der Waals surface area contributed by atoms with Crippen LogP contribution in [0.25, 0.3) is 0 Å². The number of allylic oxidation sites excluding steroid dienone is 2. The molecule has 2 rings (SSSR count). The smallest absolute Gasteiger partial charge is 0.194 e. The fourth-order valence-electron chi connectivity index (χ4n) is 2.13. The van der Waals surface area contributed by atoms with Crippen LogP contribution in [-0.2, 0) is 4.79 Å². The third kappa shape index (κ3) is 1.01. The van der Waals surface area contributed by atoms with Gasteiger partial charge in [0.25, 0.3) is 0 Å². The number of carbonyl (C=O) groups is 1. The molecule has 2 atom stereocenters. The summed E-state index contributed by atoms with van der Waals surface area (Å²) in [5, 5.41) is 0. The van der Waals surface area contributed by atoms with Crippen molar-refractivity contribution in [1.29, 1.82) is 0 Å². The van der Waals surface area contributed by atoms with Crippen molar-refractivity contribution >= 4 is 5.78 Å². The van der Waals surface area contributed by atoms with Crippen LogP contribution in [-0.4, -0.2) is 5.78 Å². The van der Waals surface area contributed by atoms with Gasteiger partial charge >= 0.3 is 0 Å². The zero-order valence-corrected chi connectivity index (χ0v) is 6.35. The fraction of sp³-hybridized carbons (Fsp3) is 0.667. The van der Waals surface area contributed by atoms with Crippen molar-refractivity contribution in [2.75, 3.05) is 0 Å². The predicted molar refractivity (Wildman–Crippen MR) is 39.6 cm³/mol. The second kappa shape index (κ2) is 2.43. The molecule has 0 aromatic carbocycles. The van der Waals surface area contributed by atoms with Crippen LogP contribution < -0.4 is 0 Å². The molecule has 0 radical (unpaired) electrons. The SMILES string of the molecule is O=C1C(F)=CC2CCCCC12. The van der Waals surface area contributed by atoms with Crippen LogP contribution in [0.4, 0.5) is 4.39 Å². The van der Waals surface area contributed by atoms with E-state index in [0.29, 0.717) is 0 Å². The van der Waals surface area contributed by atoms with Crippen molar-refractivity contribution in [2.24, 2.45) is 11.8 Å². The maximum absolute atomic E-state index is 12.7. The van der Waals surface area contributed by atoms with Crippen molar-refractivity contribution < 1.29 is 9.18 Å². The summed E-state index contributed by atoms with van der Waals surface area (Å²) in [6.45, 7) is 0. The van der Waals surface area contributed by atoms with E-state index in [1.807, 2.05) is 0 Å². The van der Waals surface area contributed by atoms with Gasteiger partial charge in [-0.05, 0) is 24.8 Å². The highest BCUT2D eigenvalue weighted by molar-refractivity contribution is 5.97. The second-order valence-electron chi connectivity index (χ2n) is 3.43. The molecule has 2 aliphatic carbocycles. The van der Waals surface area contributed by atoms with Crippen LogP contribution >= 0.6 is 0 Å². The zero-order valence-electron chi connectivity index (χ0n) is 6.35. The first-order chi connectivity index (χ1) is 5.29. The second-order valence-corrected chi connectivity index (χ2v) is 3.43. The molecule has 0 aromatic heterocycles. The highest BCUT2D eigenvalue weighted by Crippen LogP contribution is 2.38. The van der Waals surface area contributed by atoms with Crippen LogP contribution in [0, 0.1) is 11.8 Å². The lowest BCUT2D eigenvalue weighted by atomic mass is 9.81. The first-order valence-corrected chi connectivity index (χ1v) is 4.20. The molecule has 1 nitrogen and oxygen atoms in total. The van der Waals surface area contributed by atoms with E-state index in [9.17, 15) is 9.18 Å². The summed E-state index contributed by atoms with van der Waals surface area (Å²) >= 11 is 0. The van der Waals surface area contributed by atoms with Gasteiger partial charge < -0.3 is 0 Å². The van der Waals surface area contributed by atoms with Crippen LogP contribution in [0.2, 0.25) is 0 Å². The molecule has 0 heterocycles. The topological polar surface area (TPSA) is 17.1 Å². The molecule has 60 valence electrons. The molecule has 2 unspecified atom stereocenters. The van der Waals surface area contributed by atoms with Gasteiger partial charge in [0.2, 0.25) is 0 Å². The third-order valence-corrected chi connectivity index (χ3v) is 2.75. The minimum Gasteiger partial charge on any atom is -0.291 e. The number of rotatable bonds is 0. The van der Waals surface area contributed by atoms with E-state index in [-0.39, 0.29) is 17.6 Å². The van der Waals surface area contributed by atoms with Crippen LogP contribution in [0.1, 0.15) is 25.7 Å². The van der Waals surface area contributed by atoms with E-state index in [1.165, 1.54) is 6.08 Å². The summed E-state index contributed by atoms with van der Waals surface area (Å²) in [6, 6.07) is 0. The largest absolute Gasteiger partial charge is 0.291 e. The molecule has 2 aliphatic rings. The van der Waals surface area contributed by atoms with Gasteiger partial charge in [0.15, 0.2) is 11.6 Å². The Bertz CT molecular complexity index is 220. The fourth-order valence-corrected chi connectivity index (χ4v) is 2.13. The Morgan fingerprint density at radius 2 is 2.09 bits per heavy atom. The number of fused-ring (bicyclic) bond motifs is 1. The van der Waals surface area contributed by atoms with Crippen LogP contribution in [0.15, 0.2) is 11.9 Å². The lowest BCUT2D eigenvalue weighted by molar-refractivity contribution is -0.121. The molecule has 1 saturated carbocycles. The first-order valence-electron chi connectivity index (χ1n) is 4.20. The highest BCUT2D eigenvalue weighted by atomic mass is 19.1. The summed E-state index contributed by atoms with van der Waals surface area (Å²) in [4.78, 5) is 11.1. The monoisotopic (exact) mass is 154 g/mol. The van der Waals surface area contributed by atoms with Gasteiger partial charge in [-0.2, -0.15) is 0 Å². The standard InChI is InChI=1S/C9H11FO/c10-8-5-6-3-1-2-4-7(6)9(8)11/h5-7H,1-4H2. The van der Waals surface area contributed by atoms with Gasteiger partial charge in [-0.3, -0.25) is 4.79 Å². The van der Waals surface area contributed by atoms with Crippen molar-refractivity contribution in [3.8, 4) is 0 Å². The maximum Gasteiger partial charge on any atom is 0.194 e. The number of halogens is 1. The van der Waals surface area contributed by atoms with E-state index in [2.05, 4.69) is 0 Å². The van der Waals surface area contributed by atoms with E-state index < -0.39 is 5.83 Å². The molecule has 0 saturated heterocycles. The number of Topliss-reactive ketones (excluding diaryl/α,β-unsaturated/α-hetero) is 1. The maximum atomic E-state index is 12.7. The molecule has 0 aromatic rings. The molecule has 0 bridgehead atoms. The van der Waals surface area contributed by atoms with Gasteiger partial charge in [0, 0.05) is 5.92 Å². The molecule has 0 spiro atoms. The number of carbonyl (C=O) groups excluding carboxylic acids is 1. The quantitative estimate of drug-likeness (QED) is 0.523. The average molecular weight is 154 g/mol. The number of hydrogen-bond acceptors (Lipinski definition) is 1. The number of hydrogen-bond donors (Lipinski definition) is 0. The Kier molecular flexibility index (Phi) is 1.55. The summed E-state index contributed by atoms with van der Waals surface area (Å²) in [7, 11) is 0. The van der Waals surface area contributed by atoms with Gasteiger partial charge in [-0.15, -0.1) is 0 Å². The third-order valence-electron chi connectivity index (χ3n) is 2.75. The van der Waals surface area contributed by atoms with Crippen molar-refractivity contribution in [3.05, 3.63) is 11.9 Å². The summed E-state index contributed by atoms with van der Waals surface area (Å²) in [5.74, 6) is -0.489. The molecular formula is C9H11FO. The van der Waals surface area contributed by atoms with Gasteiger partial charge in [-0.1, -0.05) is 12.8 Å². The summed E-state index contributed by atoms with van der Waals surface area (Å²) in [5.41, 5.74) is 0. The Labute approximate surface area is 65.3 Å². The van der Waals surface area contributed by atoms with Crippen molar-refractivity contribution in [3.63, 3.8) is 0 Å². The molecule has 0 N–H and O–H groups in total. The lowest BCUT2D eigenvalue weighted by Crippen LogP contribution is -2.20. The Hall–Kier alpha value is -0.660. The molecule has 1 fully saturated rings. The lowest BCUT2D eigenvalue weighted by Gasteiger charge is -2.22. The van der Waals surface area contributed by atoms with Gasteiger partial charge in [-0.25, -0.2) is 4.39 Å². The number of ketones is 1. The van der Waals surface area contributed by atoms with E-state index in [4.69, 9.17) is 0 Å². The zero-order chi connectivity index (χ0) is 7.84. The first kappa shape index (κ1) is 7.01. The van der Waals surface area contributed by atoms with Gasteiger partial charge in [0.05, 0.1) is 0 Å². The Balaban J connectivity index is 2.20. The van der Waals surface area contributed by atoms with Crippen molar-refractivity contribution in [2.45, 2.75) is 25.7 Å². The molecule has 2 heteroatoms. The van der Waals surface area contributed by atoms with E-state index in [0.717, 1.165) is 25.7 Å². The molecule has 0 aliphatic heterocycles. The predicted octanol–water partition coefficient (Wildman–Crippen LogP) is 2.23. The minimum absolute atomic E-state index is 0.00347. The highest BCUT2D eigenvalue weighted by Gasteiger charge is 2.37. The van der Waals surface area contributed by atoms with Crippen molar-refractivity contribution in [1.82, 2.24) is 0 Å². The molecule has 11 heavy (non-hydrogen) atoms. The summed E-state index contributed by atoms with van der Waals surface area (Å²) < 4.78 is 12.7. The Morgan fingerprint density at radius 3 is 2.82 bits per heavy atom. The van der Waals surface area contributed by atoms with E-state index >= 15 is 0 Å². The average Bonchev–Trinajstić information content (AvgIpc) is 2.30. The van der Waals surface area contributed by atoms with Gasteiger partial charge in [0.1, 0.15) is 0 Å². The van der Waals surface area contributed by atoms with E-state index in [1.54, 1.807) is 0 Å².